The highest BCUT2D eigenvalue weighted by molar-refractivity contribution is 7.87. The number of methoxy groups -OCH3 is 1. The summed E-state index contributed by atoms with van der Waals surface area (Å²) in [6.45, 7) is 0. The summed E-state index contributed by atoms with van der Waals surface area (Å²) in [4.78, 5) is 22.0. The van der Waals surface area contributed by atoms with Crippen LogP contribution in [0.1, 0.15) is 15.9 Å². The molecule has 13 heteroatoms. The second-order valence-corrected chi connectivity index (χ2v) is 8.85. The van der Waals surface area contributed by atoms with Crippen molar-refractivity contribution in [1.29, 1.82) is 0 Å². The number of hydrogen-bond donors (Lipinski definition) is 1. The summed E-state index contributed by atoms with van der Waals surface area (Å²) in [7, 11) is -3.28. The van der Waals surface area contributed by atoms with Crippen molar-refractivity contribution in [3.63, 3.8) is 0 Å². The van der Waals surface area contributed by atoms with Gasteiger partial charge in [0.05, 0.1) is 28.8 Å². The molecule has 0 saturated carbocycles. The van der Waals surface area contributed by atoms with E-state index in [4.69, 9.17) is 32.1 Å². The van der Waals surface area contributed by atoms with E-state index in [9.17, 15) is 23.3 Å². The number of nitro groups is 1. The Morgan fingerprint density at radius 3 is 2.50 bits per heavy atom. The number of ether oxygens (including phenoxy) is 1. The van der Waals surface area contributed by atoms with Crippen LogP contribution in [-0.4, -0.2) is 32.6 Å². The van der Waals surface area contributed by atoms with E-state index >= 15 is 0 Å². The Balaban J connectivity index is 1.83. The Bertz CT molecular complexity index is 1390. The average Bonchev–Trinajstić information content (AvgIpc) is 2.79. The Morgan fingerprint density at radius 2 is 1.82 bits per heavy atom. The number of carbonyl (C=O) groups is 1. The van der Waals surface area contributed by atoms with Gasteiger partial charge in [0.2, 0.25) is 0 Å². The van der Waals surface area contributed by atoms with Crippen molar-refractivity contribution in [3.05, 3.63) is 92.0 Å². The van der Waals surface area contributed by atoms with Crippen molar-refractivity contribution in [2.45, 2.75) is 4.90 Å². The molecule has 0 aliphatic heterocycles. The number of rotatable bonds is 8. The van der Waals surface area contributed by atoms with Crippen LogP contribution < -0.4 is 14.3 Å². The number of nitrogens with one attached hydrogen (secondary N) is 1. The van der Waals surface area contributed by atoms with E-state index in [1.165, 1.54) is 61.9 Å². The van der Waals surface area contributed by atoms with Crippen LogP contribution >= 0.6 is 23.2 Å². The number of halogens is 2. The second-order valence-electron chi connectivity index (χ2n) is 6.50. The van der Waals surface area contributed by atoms with Gasteiger partial charge in [0, 0.05) is 11.1 Å². The fourth-order valence-electron chi connectivity index (χ4n) is 2.72. The van der Waals surface area contributed by atoms with Crippen molar-refractivity contribution in [2.24, 2.45) is 5.10 Å². The molecule has 176 valence electrons. The predicted octanol–water partition coefficient (Wildman–Crippen LogP) is 4.44. The standard InChI is InChI=1S/C21H15Cl2N3O7S/c1-32-18-9-6-13(12-24-25-21(27)15-8-7-14(22)11-16(15)23)10-19(18)33-34(30,31)20-5-3-2-4-17(20)26(28)29/h2-12H,1H3,(H,25,27)/b24-12-. The molecule has 3 rings (SSSR count). The fraction of sp³-hybridized carbons (Fsp3) is 0.0476. The van der Waals surface area contributed by atoms with Gasteiger partial charge in [-0.25, -0.2) is 5.43 Å². The van der Waals surface area contributed by atoms with E-state index in [0.717, 1.165) is 12.1 Å². The molecular formula is C21H15Cl2N3O7S. The third kappa shape index (κ3) is 5.81. The summed E-state index contributed by atoms with van der Waals surface area (Å²) in [5.74, 6) is -0.783. The van der Waals surface area contributed by atoms with Crippen LogP contribution in [0.25, 0.3) is 0 Å². The monoisotopic (exact) mass is 523 g/mol. The van der Waals surface area contributed by atoms with E-state index < -0.39 is 31.5 Å². The molecule has 0 bridgehead atoms. The summed E-state index contributed by atoms with van der Waals surface area (Å²) in [5, 5.41) is 15.5. The summed E-state index contributed by atoms with van der Waals surface area (Å²) < 4.78 is 35.7. The lowest BCUT2D eigenvalue weighted by atomic mass is 10.2. The van der Waals surface area contributed by atoms with Crippen LogP contribution in [0.15, 0.2) is 70.7 Å². The molecule has 0 saturated heterocycles. The molecule has 0 spiro atoms. The zero-order valence-electron chi connectivity index (χ0n) is 17.3. The lowest BCUT2D eigenvalue weighted by Crippen LogP contribution is -2.18. The Kier molecular flexibility index (Phi) is 7.72. The highest BCUT2D eigenvalue weighted by Crippen LogP contribution is 2.32. The Hall–Kier alpha value is -3.67. The molecule has 1 N–H and O–H groups in total. The third-order valence-corrected chi connectivity index (χ3v) is 6.10. The second kappa shape index (κ2) is 10.5. The minimum absolute atomic E-state index is 0.0521. The molecule has 10 nitrogen and oxygen atoms in total. The van der Waals surface area contributed by atoms with E-state index in [1.54, 1.807) is 0 Å². The number of nitrogens with zero attached hydrogens (tertiary/aromatic N) is 2. The van der Waals surface area contributed by atoms with Gasteiger partial charge in [-0.05, 0) is 48.0 Å². The number of benzene rings is 3. The molecule has 1 amide bonds. The third-order valence-electron chi connectivity index (χ3n) is 4.27. The first-order valence-corrected chi connectivity index (χ1v) is 11.4. The topological polar surface area (TPSA) is 137 Å². The molecular weight excluding hydrogens is 509 g/mol. The SMILES string of the molecule is COc1ccc(/C=N\NC(=O)c2ccc(Cl)cc2Cl)cc1OS(=O)(=O)c1ccccc1[N+](=O)[O-]. The van der Waals surface area contributed by atoms with Crippen LogP contribution in [0.2, 0.25) is 10.0 Å². The van der Waals surface area contributed by atoms with Crippen molar-refractivity contribution in [2.75, 3.05) is 7.11 Å². The Labute approximate surface area is 204 Å². The lowest BCUT2D eigenvalue weighted by Gasteiger charge is -2.11. The maximum Gasteiger partial charge on any atom is 0.346 e. The van der Waals surface area contributed by atoms with Crippen LogP contribution in [-0.2, 0) is 10.1 Å². The smallest absolute Gasteiger partial charge is 0.346 e. The molecule has 0 heterocycles. The van der Waals surface area contributed by atoms with Gasteiger partial charge in [-0.15, -0.1) is 0 Å². The van der Waals surface area contributed by atoms with Crippen molar-refractivity contribution in [3.8, 4) is 11.5 Å². The Morgan fingerprint density at radius 1 is 1.09 bits per heavy atom. The van der Waals surface area contributed by atoms with E-state index in [1.807, 2.05) is 0 Å². The number of carbonyl (C=O) groups excluding carboxylic acids is 1. The van der Waals surface area contributed by atoms with Crippen molar-refractivity contribution < 1.29 is 27.1 Å². The van der Waals surface area contributed by atoms with E-state index in [0.29, 0.717) is 10.6 Å². The normalized spacial score (nSPS) is 11.3. The lowest BCUT2D eigenvalue weighted by molar-refractivity contribution is -0.387. The summed E-state index contributed by atoms with van der Waals surface area (Å²) >= 11 is 11.8. The average molecular weight is 524 g/mol. The first-order valence-electron chi connectivity index (χ1n) is 9.27. The maximum absolute atomic E-state index is 12.7. The fourth-order valence-corrected chi connectivity index (χ4v) is 4.32. The van der Waals surface area contributed by atoms with Gasteiger partial charge < -0.3 is 8.92 Å². The minimum atomic E-state index is -4.58. The van der Waals surface area contributed by atoms with Gasteiger partial charge in [-0.3, -0.25) is 14.9 Å². The predicted molar refractivity (Wildman–Crippen MR) is 125 cm³/mol. The van der Waals surface area contributed by atoms with Gasteiger partial charge >= 0.3 is 10.1 Å². The molecule has 0 radical (unpaired) electrons. The number of amides is 1. The quantitative estimate of drug-likeness (QED) is 0.199. The molecule has 0 aromatic heterocycles. The molecule has 0 fully saturated rings. The van der Waals surface area contributed by atoms with Gasteiger partial charge in [-0.2, -0.15) is 13.5 Å². The van der Waals surface area contributed by atoms with Crippen LogP contribution in [0.5, 0.6) is 11.5 Å². The summed E-state index contributed by atoms with van der Waals surface area (Å²) in [5.41, 5.74) is 2.13. The molecule has 0 aliphatic carbocycles. The molecule has 3 aromatic rings. The van der Waals surface area contributed by atoms with Gasteiger partial charge in [0.25, 0.3) is 11.6 Å². The van der Waals surface area contributed by atoms with Gasteiger partial charge in [0.15, 0.2) is 16.4 Å². The molecule has 0 aliphatic rings. The zero-order valence-corrected chi connectivity index (χ0v) is 19.6. The maximum atomic E-state index is 12.7. The summed E-state index contributed by atoms with van der Waals surface area (Å²) in [6, 6.07) is 13.3. The largest absolute Gasteiger partial charge is 0.493 e. The molecule has 0 unspecified atom stereocenters. The molecule has 3 aromatic carbocycles. The van der Waals surface area contributed by atoms with E-state index in [-0.39, 0.29) is 22.1 Å². The van der Waals surface area contributed by atoms with Crippen molar-refractivity contribution in [1.82, 2.24) is 5.43 Å². The summed E-state index contributed by atoms with van der Waals surface area (Å²) in [6.07, 6.45) is 1.23. The minimum Gasteiger partial charge on any atom is -0.493 e. The van der Waals surface area contributed by atoms with Crippen LogP contribution in [0.3, 0.4) is 0 Å². The van der Waals surface area contributed by atoms with Gasteiger partial charge in [0.1, 0.15) is 0 Å². The highest BCUT2D eigenvalue weighted by Gasteiger charge is 2.28. The number of hydrazone groups is 1. The number of nitro benzene ring substituents is 1. The first kappa shape index (κ1) is 25.0. The highest BCUT2D eigenvalue weighted by atomic mass is 35.5. The number of para-hydroxylation sites is 1. The molecule has 0 atom stereocenters. The zero-order chi connectivity index (χ0) is 24.9. The van der Waals surface area contributed by atoms with Gasteiger partial charge in [-0.1, -0.05) is 35.3 Å². The molecule has 34 heavy (non-hydrogen) atoms. The first-order chi connectivity index (χ1) is 16.1. The van der Waals surface area contributed by atoms with Crippen LogP contribution in [0, 0.1) is 10.1 Å². The number of hydrogen-bond acceptors (Lipinski definition) is 8. The van der Waals surface area contributed by atoms with Crippen molar-refractivity contribution >= 4 is 51.1 Å². The van der Waals surface area contributed by atoms with E-state index in [2.05, 4.69) is 10.5 Å². The van der Waals surface area contributed by atoms with Crippen LogP contribution in [0.4, 0.5) is 5.69 Å².